The third kappa shape index (κ3) is 6.09. The smallest absolute Gasteiger partial charge is 0.287 e. The van der Waals surface area contributed by atoms with Gasteiger partial charge in [-0.2, -0.15) is 5.10 Å². The lowest BCUT2D eigenvalue weighted by molar-refractivity contribution is -0.384. The van der Waals surface area contributed by atoms with Crippen molar-refractivity contribution in [2.75, 3.05) is 6.79 Å². The monoisotopic (exact) mass is 536 g/mol. The van der Waals surface area contributed by atoms with Gasteiger partial charge < -0.3 is 14.8 Å². The predicted molar refractivity (Wildman–Crippen MR) is 131 cm³/mol. The lowest BCUT2D eigenvalue weighted by Gasteiger charge is -2.09. The average molecular weight is 537 g/mol. The van der Waals surface area contributed by atoms with Crippen molar-refractivity contribution in [3.63, 3.8) is 0 Å². The van der Waals surface area contributed by atoms with Crippen molar-refractivity contribution >= 4 is 45.7 Å². The molecule has 10 nitrogen and oxygen atoms in total. The van der Waals surface area contributed by atoms with Crippen LogP contribution in [0.1, 0.15) is 21.5 Å². The van der Waals surface area contributed by atoms with E-state index in [1.807, 2.05) is 0 Å². The van der Waals surface area contributed by atoms with E-state index in [4.69, 9.17) is 9.47 Å². The molecule has 1 aliphatic heterocycles. The van der Waals surface area contributed by atoms with Gasteiger partial charge in [0, 0.05) is 27.7 Å². The molecule has 4 rings (SSSR count). The van der Waals surface area contributed by atoms with Crippen molar-refractivity contribution in [1.29, 1.82) is 0 Å². The van der Waals surface area contributed by atoms with E-state index in [9.17, 15) is 19.7 Å². The Morgan fingerprint density at radius 1 is 1.00 bits per heavy atom. The van der Waals surface area contributed by atoms with Crippen molar-refractivity contribution < 1.29 is 24.0 Å². The van der Waals surface area contributed by atoms with Crippen LogP contribution >= 0.6 is 15.9 Å². The van der Waals surface area contributed by atoms with Crippen molar-refractivity contribution in [2.45, 2.75) is 0 Å². The van der Waals surface area contributed by atoms with Gasteiger partial charge in [0.05, 0.1) is 11.1 Å². The highest BCUT2D eigenvalue weighted by atomic mass is 79.9. The summed E-state index contributed by atoms with van der Waals surface area (Å²) in [6, 6.07) is 17.5. The summed E-state index contributed by atoms with van der Waals surface area (Å²) in [6.07, 6.45) is 2.73. The van der Waals surface area contributed by atoms with E-state index in [0.717, 1.165) is 4.47 Å². The molecular weight excluding hydrogens is 520 g/mol. The minimum atomic E-state index is -0.699. The molecule has 35 heavy (non-hydrogen) atoms. The van der Waals surface area contributed by atoms with Crippen LogP contribution in [0, 0.1) is 10.1 Å². The summed E-state index contributed by atoms with van der Waals surface area (Å²) >= 11 is 3.31. The van der Waals surface area contributed by atoms with Crippen molar-refractivity contribution in [3.05, 3.63) is 104 Å². The first-order valence-corrected chi connectivity index (χ1v) is 10.9. The number of hydrogen-bond donors (Lipinski definition) is 2. The van der Waals surface area contributed by atoms with Crippen LogP contribution in [0.25, 0.3) is 6.08 Å². The van der Waals surface area contributed by atoms with Gasteiger partial charge in [-0.15, -0.1) is 0 Å². The maximum Gasteiger partial charge on any atom is 0.287 e. The van der Waals surface area contributed by atoms with E-state index in [1.54, 1.807) is 48.5 Å². The van der Waals surface area contributed by atoms with Gasteiger partial charge in [-0.25, -0.2) is 5.43 Å². The Hall–Kier alpha value is -4.51. The standard InChI is InChI=1S/C24H17BrN4O6/c25-18-7-5-17(6-8-18)23(30)27-20(11-15-4-9-21-22(12-15)35-14-34-21)24(31)28-26-13-16-2-1-3-19(10-16)29(32)33/h1-13H,14H2,(H,27,30)(H,28,31). The van der Waals surface area contributed by atoms with Crippen LogP contribution in [0.2, 0.25) is 0 Å². The molecule has 0 atom stereocenters. The number of amides is 2. The number of hydrogen-bond acceptors (Lipinski definition) is 7. The number of nitro benzene ring substituents is 1. The number of halogens is 1. The fourth-order valence-corrected chi connectivity index (χ4v) is 3.33. The summed E-state index contributed by atoms with van der Waals surface area (Å²) in [6.45, 7) is 0.0997. The van der Waals surface area contributed by atoms with Crippen LogP contribution in [0.5, 0.6) is 11.5 Å². The quantitative estimate of drug-likeness (QED) is 0.203. The highest BCUT2D eigenvalue weighted by Gasteiger charge is 2.17. The molecule has 0 bridgehead atoms. The normalized spacial score (nSPS) is 12.4. The molecule has 0 spiro atoms. The van der Waals surface area contributed by atoms with Crippen LogP contribution in [0.15, 0.2) is 82.0 Å². The van der Waals surface area contributed by atoms with E-state index >= 15 is 0 Å². The fourth-order valence-electron chi connectivity index (χ4n) is 3.07. The number of nitro groups is 1. The molecule has 0 fully saturated rings. The molecule has 1 aliphatic rings. The van der Waals surface area contributed by atoms with Crippen molar-refractivity contribution in [2.24, 2.45) is 5.10 Å². The van der Waals surface area contributed by atoms with Gasteiger partial charge in [-0.05, 0) is 48.0 Å². The zero-order valence-corrected chi connectivity index (χ0v) is 19.5. The van der Waals surface area contributed by atoms with Crippen LogP contribution in [0.4, 0.5) is 5.69 Å². The molecule has 0 aliphatic carbocycles. The SMILES string of the molecule is O=C(NN=Cc1cccc([N+](=O)[O-])c1)C(=Cc1ccc2c(c1)OCO2)NC(=O)c1ccc(Br)cc1. The first-order valence-electron chi connectivity index (χ1n) is 10.2. The van der Waals surface area contributed by atoms with Crippen LogP contribution < -0.4 is 20.2 Å². The molecule has 2 N–H and O–H groups in total. The number of non-ortho nitro benzene ring substituents is 1. The second kappa shape index (κ2) is 10.6. The lowest BCUT2D eigenvalue weighted by atomic mass is 10.1. The third-order valence-electron chi connectivity index (χ3n) is 4.77. The van der Waals surface area contributed by atoms with Gasteiger partial charge in [0.2, 0.25) is 6.79 Å². The van der Waals surface area contributed by atoms with Gasteiger partial charge in [-0.3, -0.25) is 19.7 Å². The second-order valence-electron chi connectivity index (χ2n) is 7.18. The molecule has 0 aromatic heterocycles. The summed E-state index contributed by atoms with van der Waals surface area (Å²) in [5, 5.41) is 17.4. The van der Waals surface area contributed by atoms with E-state index in [1.165, 1.54) is 30.5 Å². The number of ether oxygens (including phenoxy) is 2. The number of carbonyl (C=O) groups excluding carboxylic acids is 2. The first-order chi connectivity index (χ1) is 16.9. The van der Waals surface area contributed by atoms with Gasteiger partial charge in [-0.1, -0.05) is 34.1 Å². The highest BCUT2D eigenvalue weighted by molar-refractivity contribution is 9.10. The average Bonchev–Trinajstić information content (AvgIpc) is 3.32. The zero-order valence-electron chi connectivity index (χ0n) is 17.9. The van der Waals surface area contributed by atoms with Gasteiger partial charge in [0.15, 0.2) is 11.5 Å². The molecule has 176 valence electrons. The lowest BCUT2D eigenvalue weighted by Crippen LogP contribution is -2.32. The summed E-state index contributed by atoms with van der Waals surface area (Å²) in [7, 11) is 0. The number of fused-ring (bicyclic) bond motifs is 1. The maximum atomic E-state index is 12.9. The van der Waals surface area contributed by atoms with Crippen molar-refractivity contribution in [1.82, 2.24) is 10.7 Å². The van der Waals surface area contributed by atoms with Crippen LogP contribution in [0.3, 0.4) is 0 Å². The maximum absolute atomic E-state index is 12.9. The van der Waals surface area contributed by atoms with Gasteiger partial charge in [0.1, 0.15) is 5.70 Å². The largest absolute Gasteiger partial charge is 0.454 e. The number of rotatable bonds is 7. The fraction of sp³-hybridized carbons (Fsp3) is 0.0417. The molecule has 0 saturated heterocycles. The minimum absolute atomic E-state index is 0.0759. The topological polar surface area (TPSA) is 132 Å². The molecule has 11 heteroatoms. The summed E-state index contributed by atoms with van der Waals surface area (Å²) in [5.74, 6) is -0.104. The third-order valence-corrected chi connectivity index (χ3v) is 5.30. The Balaban J connectivity index is 1.56. The zero-order chi connectivity index (χ0) is 24.8. The Kier molecular flexibility index (Phi) is 7.17. The van der Waals surface area contributed by atoms with Crippen LogP contribution in [-0.4, -0.2) is 29.7 Å². The molecule has 3 aromatic carbocycles. The van der Waals surface area contributed by atoms with Gasteiger partial charge >= 0.3 is 0 Å². The molecule has 0 unspecified atom stereocenters. The number of benzene rings is 3. The van der Waals surface area contributed by atoms with Crippen LogP contribution in [-0.2, 0) is 4.79 Å². The molecule has 2 amide bonds. The minimum Gasteiger partial charge on any atom is -0.454 e. The Morgan fingerprint density at radius 2 is 1.77 bits per heavy atom. The molecular formula is C24H17BrN4O6. The molecule has 1 heterocycles. The molecule has 0 saturated carbocycles. The number of nitrogens with zero attached hydrogens (tertiary/aromatic N) is 2. The van der Waals surface area contributed by atoms with E-state index in [0.29, 0.717) is 28.2 Å². The van der Waals surface area contributed by atoms with Gasteiger partial charge in [0.25, 0.3) is 17.5 Å². The summed E-state index contributed by atoms with van der Waals surface area (Å²) in [5.41, 5.74) is 3.49. The molecule has 3 aromatic rings. The van der Waals surface area contributed by atoms with E-state index in [-0.39, 0.29) is 18.2 Å². The Labute approximate surface area is 207 Å². The van der Waals surface area contributed by atoms with Crippen molar-refractivity contribution in [3.8, 4) is 11.5 Å². The number of carbonyl (C=O) groups is 2. The second-order valence-corrected chi connectivity index (χ2v) is 8.10. The summed E-state index contributed by atoms with van der Waals surface area (Å²) < 4.78 is 11.5. The Morgan fingerprint density at radius 3 is 2.54 bits per heavy atom. The number of nitrogens with one attached hydrogen (secondary N) is 2. The summed E-state index contributed by atoms with van der Waals surface area (Å²) in [4.78, 5) is 36.0. The molecule has 0 radical (unpaired) electrons. The van der Waals surface area contributed by atoms with E-state index < -0.39 is 16.7 Å². The number of hydrazone groups is 1. The predicted octanol–water partition coefficient (Wildman–Crippen LogP) is 4.01. The Bertz CT molecular complexity index is 1350. The van der Waals surface area contributed by atoms with E-state index in [2.05, 4.69) is 31.8 Å². The first kappa shape index (κ1) is 23.6. The highest BCUT2D eigenvalue weighted by Crippen LogP contribution is 2.33.